The molecule has 0 fully saturated rings. The molecule has 0 atom stereocenters. The second kappa shape index (κ2) is 5.02. The molecule has 2 aromatic rings. The molecule has 3 nitrogen and oxygen atoms in total. The zero-order valence-corrected chi connectivity index (χ0v) is 12.0. The minimum absolute atomic E-state index is 0.267. The van der Waals surface area contributed by atoms with Crippen molar-refractivity contribution < 1.29 is 9.59 Å². The van der Waals surface area contributed by atoms with Gasteiger partial charge in [0.1, 0.15) is 0 Å². The van der Waals surface area contributed by atoms with Crippen LogP contribution in [0.2, 0.25) is 0 Å². The van der Waals surface area contributed by atoms with E-state index in [0.29, 0.717) is 11.3 Å². The first-order chi connectivity index (χ1) is 10.1. The maximum absolute atomic E-state index is 12.6. The Morgan fingerprint density at radius 3 is 2.10 bits per heavy atom. The number of nitrogens with zero attached hydrogens (tertiary/aromatic N) is 1. The molecule has 3 heteroatoms. The normalized spacial score (nSPS) is 14.6. The molecule has 0 aliphatic carbocycles. The highest BCUT2D eigenvalue weighted by Gasteiger charge is 2.33. The minimum atomic E-state index is -0.288. The summed E-state index contributed by atoms with van der Waals surface area (Å²) in [5.41, 5.74) is 3.89. The van der Waals surface area contributed by atoms with E-state index < -0.39 is 0 Å². The van der Waals surface area contributed by atoms with Gasteiger partial charge < -0.3 is 0 Å². The van der Waals surface area contributed by atoms with Gasteiger partial charge in [-0.15, -0.1) is 0 Å². The van der Waals surface area contributed by atoms with E-state index in [0.717, 1.165) is 16.7 Å². The lowest BCUT2D eigenvalue weighted by molar-refractivity contribution is -0.119. The number of amides is 2. The molecule has 3 rings (SSSR count). The fourth-order valence-electron chi connectivity index (χ4n) is 2.62. The van der Waals surface area contributed by atoms with Crippen molar-refractivity contribution in [3.63, 3.8) is 0 Å². The van der Waals surface area contributed by atoms with Crippen molar-refractivity contribution in [2.75, 3.05) is 4.90 Å². The summed E-state index contributed by atoms with van der Waals surface area (Å²) < 4.78 is 0. The fraction of sp³-hybridized carbons (Fsp3) is 0.111. The quantitative estimate of drug-likeness (QED) is 0.790. The van der Waals surface area contributed by atoms with Gasteiger partial charge in [-0.3, -0.25) is 9.59 Å². The summed E-state index contributed by atoms with van der Waals surface area (Å²) in [4.78, 5) is 26.0. The van der Waals surface area contributed by atoms with Gasteiger partial charge in [-0.25, -0.2) is 4.90 Å². The molecule has 104 valence electrons. The van der Waals surface area contributed by atoms with Gasteiger partial charge in [0.2, 0.25) is 0 Å². The smallest absolute Gasteiger partial charge is 0.266 e. The number of benzene rings is 2. The van der Waals surface area contributed by atoms with Gasteiger partial charge in [0.05, 0.1) is 11.3 Å². The molecule has 0 spiro atoms. The maximum atomic E-state index is 12.6. The van der Waals surface area contributed by atoms with E-state index in [2.05, 4.69) is 0 Å². The molecule has 0 aromatic heterocycles. The average molecular weight is 277 g/mol. The Morgan fingerprint density at radius 1 is 0.857 bits per heavy atom. The molecule has 0 bridgehead atoms. The monoisotopic (exact) mass is 277 g/mol. The van der Waals surface area contributed by atoms with Crippen molar-refractivity contribution in [2.24, 2.45) is 0 Å². The minimum Gasteiger partial charge on any atom is -0.269 e. The lowest BCUT2D eigenvalue weighted by atomic mass is 10.1. The van der Waals surface area contributed by atoms with E-state index >= 15 is 0 Å². The van der Waals surface area contributed by atoms with Crippen molar-refractivity contribution in [1.82, 2.24) is 0 Å². The fourth-order valence-corrected chi connectivity index (χ4v) is 2.62. The topological polar surface area (TPSA) is 37.4 Å². The molecular weight excluding hydrogens is 262 g/mol. The summed E-state index contributed by atoms with van der Waals surface area (Å²) in [5, 5.41) is 0. The zero-order valence-electron chi connectivity index (χ0n) is 12.0. The van der Waals surface area contributed by atoms with Crippen LogP contribution in [0.15, 0.2) is 54.6 Å². The lowest BCUT2D eigenvalue weighted by Gasteiger charge is -2.16. The molecule has 1 heterocycles. The van der Waals surface area contributed by atoms with Gasteiger partial charge in [-0.05, 0) is 42.7 Å². The Bertz CT molecular complexity index is 740. The van der Waals surface area contributed by atoms with E-state index in [-0.39, 0.29) is 11.8 Å². The van der Waals surface area contributed by atoms with Crippen molar-refractivity contribution in [3.05, 3.63) is 71.3 Å². The number of aryl methyl sites for hydroxylation is 2. The van der Waals surface area contributed by atoms with Gasteiger partial charge in [-0.1, -0.05) is 36.4 Å². The molecule has 1 aliphatic heterocycles. The zero-order chi connectivity index (χ0) is 15.0. The molecular formula is C18H15NO2. The molecule has 2 aromatic carbocycles. The summed E-state index contributed by atoms with van der Waals surface area (Å²) in [6.07, 6.45) is 1.41. The SMILES string of the molecule is Cc1cc(C)cc(N2C(=O)C=C(c3ccccc3)C2=O)c1. The number of anilines is 1. The van der Waals surface area contributed by atoms with Crippen molar-refractivity contribution >= 4 is 23.1 Å². The maximum Gasteiger partial charge on any atom is 0.266 e. The first kappa shape index (κ1) is 13.3. The molecule has 0 unspecified atom stereocenters. The second-order valence-corrected chi connectivity index (χ2v) is 5.25. The van der Waals surface area contributed by atoms with Crippen LogP contribution in [0, 0.1) is 13.8 Å². The predicted octanol–water partition coefficient (Wildman–Crippen LogP) is 3.26. The third kappa shape index (κ3) is 2.38. The van der Waals surface area contributed by atoms with Gasteiger partial charge >= 0.3 is 0 Å². The van der Waals surface area contributed by atoms with Crippen LogP contribution in [0.5, 0.6) is 0 Å². The Labute approximate surface area is 123 Å². The van der Waals surface area contributed by atoms with Gasteiger partial charge in [0.25, 0.3) is 11.8 Å². The summed E-state index contributed by atoms with van der Waals surface area (Å²) in [7, 11) is 0. The molecule has 21 heavy (non-hydrogen) atoms. The summed E-state index contributed by atoms with van der Waals surface area (Å²) in [6, 6.07) is 15.0. The Morgan fingerprint density at radius 2 is 1.48 bits per heavy atom. The largest absolute Gasteiger partial charge is 0.269 e. The predicted molar refractivity (Wildman–Crippen MR) is 82.8 cm³/mol. The van der Waals surface area contributed by atoms with E-state index in [1.165, 1.54) is 11.0 Å². The molecule has 0 saturated heterocycles. The highest BCUT2D eigenvalue weighted by atomic mass is 16.2. The molecule has 0 radical (unpaired) electrons. The third-order valence-corrected chi connectivity index (χ3v) is 3.47. The van der Waals surface area contributed by atoms with Gasteiger partial charge in [-0.2, -0.15) is 0 Å². The van der Waals surface area contributed by atoms with Crippen molar-refractivity contribution in [1.29, 1.82) is 0 Å². The van der Waals surface area contributed by atoms with E-state index in [1.54, 1.807) is 0 Å². The highest BCUT2D eigenvalue weighted by Crippen LogP contribution is 2.29. The highest BCUT2D eigenvalue weighted by molar-refractivity contribution is 6.43. The van der Waals surface area contributed by atoms with Crippen molar-refractivity contribution in [2.45, 2.75) is 13.8 Å². The van der Waals surface area contributed by atoms with Crippen LogP contribution in [0.1, 0.15) is 16.7 Å². The average Bonchev–Trinajstić information content (AvgIpc) is 2.74. The Kier molecular flexibility index (Phi) is 3.18. The van der Waals surface area contributed by atoms with Gasteiger partial charge in [0, 0.05) is 6.08 Å². The Balaban J connectivity index is 2.01. The van der Waals surface area contributed by atoms with Crippen LogP contribution in [0.25, 0.3) is 5.57 Å². The molecule has 0 saturated carbocycles. The van der Waals surface area contributed by atoms with Crippen molar-refractivity contribution in [3.8, 4) is 0 Å². The Hall–Kier alpha value is -2.68. The van der Waals surface area contributed by atoms with Crippen LogP contribution in [0.4, 0.5) is 5.69 Å². The number of imide groups is 1. The molecule has 0 N–H and O–H groups in total. The van der Waals surface area contributed by atoms with Crippen LogP contribution < -0.4 is 4.90 Å². The van der Waals surface area contributed by atoms with Crippen LogP contribution >= 0.6 is 0 Å². The number of hydrogen-bond donors (Lipinski definition) is 0. The first-order valence-corrected chi connectivity index (χ1v) is 6.80. The van der Waals surface area contributed by atoms with Crippen LogP contribution in [0.3, 0.4) is 0 Å². The van der Waals surface area contributed by atoms with E-state index in [1.807, 2.05) is 62.4 Å². The third-order valence-electron chi connectivity index (χ3n) is 3.47. The lowest BCUT2D eigenvalue weighted by Crippen LogP contribution is -2.30. The molecule has 1 aliphatic rings. The van der Waals surface area contributed by atoms with Gasteiger partial charge in [0.15, 0.2) is 0 Å². The number of carbonyl (C=O) groups is 2. The van der Waals surface area contributed by atoms with Crippen LogP contribution in [-0.4, -0.2) is 11.8 Å². The molecule has 2 amide bonds. The van der Waals surface area contributed by atoms with Crippen LogP contribution in [-0.2, 0) is 9.59 Å². The first-order valence-electron chi connectivity index (χ1n) is 6.80. The second-order valence-electron chi connectivity index (χ2n) is 5.25. The number of carbonyl (C=O) groups excluding carboxylic acids is 2. The summed E-state index contributed by atoms with van der Waals surface area (Å²) in [6.45, 7) is 3.90. The number of hydrogen-bond acceptors (Lipinski definition) is 2. The number of rotatable bonds is 2. The summed E-state index contributed by atoms with van der Waals surface area (Å²) in [5.74, 6) is -0.556. The van der Waals surface area contributed by atoms with E-state index in [9.17, 15) is 9.59 Å². The van der Waals surface area contributed by atoms with E-state index in [4.69, 9.17) is 0 Å². The summed E-state index contributed by atoms with van der Waals surface area (Å²) >= 11 is 0. The standard InChI is InChI=1S/C18H15NO2/c1-12-8-13(2)10-15(9-12)19-17(20)11-16(18(19)21)14-6-4-3-5-7-14/h3-11H,1-2H3.